The molecule has 7 rings (SSSR count). The second-order valence-electron chi connectivity index (χ2n) is 24.6. The lowest BCUT2D eigenvalue weighted by atomic mass is 9.79. The number of phenolic OH excluding ortho intramolecular Hbond substituents is 4. The van der Waals surface area contributed by atoms with E-state index in [4.69, 9.17) is 4.74 Å². The van der Waals surface area contributed by atoms with Gasteiger partial charge in [0.05, 0.1) is 0 Å². The molecule has 0 aromatic heterocycles. The molecule has 67 heavy (non-hydrogen) atoms. The highest BCUT2D eigenvalue weighted by Gasteiger charge is 2.29. The molecule has 0 fully saturated rings. The number of benzene rings is 6. The molecule has 0 spiro atoms. The number of hydrogen-bond donors (Lipinski definition) is 4. The number of hydrogen-bond acceptors (Lipinski definition) is 5. The lowest BCUT2D eigenvalue weighted by Gasteiger charge is -2.27. The molecule has 6 aromatic rings. The Morgan fingerprint density at radius 1 is 0.328 bits per heavy atom. The zero-order chi connectivity index (χ0) is 49.2. The van der Waals surface area contributed by atoms with Gasteiger partial charge < -0.3 is 25.2 Å². The van der Waals surface area contributed by atoms with Crippen LogP contribution in [0.5, 0.6) is 28.7 Å². The molecule has 0 unspecified atom stereocenters. The Morgan fingerprint density at radius 2 is 0.537 bits per heavy atom. The highest BCUT2D eigenvalue weighted by atomic mass is 16.5. The van der Waals surface area contributed by atoms with Crippen LogP contribution in [0.2, 0.25) is 0 Å². The molecule has 0 saturated heterocycles. The van der Waals surface area contributed by atoms with E-state index < -0.39 is 0 Å². The highest BCUT2D eigenvalue weighted by molar-refractivity contribution is 5.60. The molecule has 354 valence electrons. The molecular weight excluding hydrogens is 825 g/mol. The Morgan fingerprint density at radius 3 is 0.761 bits per heavy atom. The summed E-state index contributed by atoms with van der Waals surface area (Å²) in [6, 6.07) is 31.5. The fourth-order valence-corrected chi connectivity index (χ4v) is 9.24. The third kappa shape index (κ3) is 10.9. The van der Waals surface area contributed by atoms with Crippen molar-refractivity contribution >= 4 is 0 Å². The van der Waals surface area contributed by atoms with Crippen molar-refractivity contribution < 1.29 is 25.2 Å². The Labute approximate surface area is 401 Å². The Kier molecular flexibility index (Phi) is 13.1. The summed E-state index contributed by atoms with van der Waals surface area (Å²) in [5, 5.41) is 50.0. The smallest absolute Gasteiger partial charge is 0.126 e. The molecular formula is C62H76O5. The van der Waals surface area contributed by atoms with Gasteiger partial charge in [0.2, 0.25) is 0 Å². The largest absolute Gasteiger partial charge is 0.507 e. The van der Waals surface area contributed by atoms with Gasteiger partial charge in [0.15, 0.2) is 0 Å². The summed E-state index contributed by atoms with van der Waals surface area (Å²) >= 11 is 0. The highest BCUT2D eigenvalue weighted by Crippen LogP contribution is 2.44. The molecule has 0 amide bonds. The first kappa shape index (κ1) is 49.2. The van der Waals surface area contributed by atoms with Crippen LogP contribution in [0.15, 0.2) is 91.0 Å². The molecule has 10 bridgehead atoms. The molecule has 0 aliphatic heterocycles. The number of ether oxygens (including phenoxy) is 1. The molecule has 0 heterocycles. The van der Waals surface area contributed by atoms with Gasteiger partial charge in [0, 0.05) is 32.1 Å². The van der Waals surface area contributed by atoms with Crippen LogP contribution in [0.4, 0.5) is 0 Å². The molecule has 0 radical (unpaired) electrons. The minimum Gasteiger partial charge on any atom is -0.507 e. The summed E-state index contributed by atoms with van der Waals surface area (Å²) in [4.78, 5) is 0. The van der Waals surface area contributed by atoms with Crippen LogP contribution in [-0.2, 0) is 65.8 Å². The van der Waals surface area contributed by atoms with Crippen LogP contribution in [0, 0.1) is 0 Å². The molecule has 5 heteroatoms. The van der Waals surface area contributed by atoms with Crippen molar-refractivity contribution in [2.24, 2.45) is 0 Å². The maximum absolute atomic E-state index is 12.6. The first-order chi connectivity index (χ1) is 31.0. The van der Waals surface area contributed by atoms with Crippen molar-refractivity contribution in [1.29, 1.82) is 0 Å². The SMILES string of the molecule is CC(C)(C)c1cc2c(O)c(c1)Cc1cc(C(C)(C)C)cc(c1O)Cc1cc(C(C)(C)C)cc(c1OCc1ccccc1)Cc1cc(C(C)(C)C)cc(c1O)Cc1cc(C(C)(C)C)cc(c1O)C2. The van der Waals surface area contributed by atoms with Crippen LogP contribution < -0.4 is 4.74 Å². The van der Waals surface area contributed by atoms with Crippen molar-refractivity contribution in [3.63, 3.8) is 0 Å². The van der Waals surface area contributed by atoms with Crippen LogP contribution in [0.3, 0.4) is 0 Å². The average molecular weight is 901 g/mol. The second-order valence-corrected chi connectivity index (χ2v) is 24.6. The molecule has 5 nitrogen and oxygen atoms in total. The van der Waals surface area contributed by atoms with Gasteiger partial charge >= 0.3 is 0 Å². The third-order valence-electron chi connectivity index (χ3n) is 13.8. The van der Waals surface area contributed by atoms with Gasteiger partial charge in [-0.3, -0.25) is 0 Å². The minimum absolute atomic E-state index is 0.158. The van der Waals surface area contributed by atoms with Crippen molar-refractivity contribution in [1.82, 2.24) is 0 Å². The fraction of sp³-hybridized carbons (Fsp3) is 0.419. The van der Waals surface area contributed by atoms with Gasteiger partial charge in [0.25, 0.3) is 0 Å². The standard InChI is InChI=1S/C62H76O5/c1-58(2,3)48-26-38-21-39-27-49(59(4,5)6)29-41(54(39)64)23-43-31-51(61(10,11)12)33-45(56(43)66)25-47-35-52(62(13,14)15)34-46(57(47)67-36-37-19-17-16-18-20-37)24-44-32-50(60(7,8)9)30-42(55(44)65)22-40(28-48)53(38)63/h16-20,26-35,63-66H,21-25,36H2,1-15H3. The summed E-state index contributed by atoms with van der Waals surface area (Å²) in [6.07, 6.45) is 1.69. The van der Waals surface area contributed by atoms with E-state index in [9.17, 15) is 20.4 Å². The molecule has 6 aromatic carbocycles. The maximum atomic E-state index is 12.6. The summed E-state index contributed by atoms with van der Waals surface area (Å²) in [5.74, 6) is 1.44. The van der Waals surface area contributed by atoms with E-state index in [0.717, 1.165) is 83.6 Å². The fourth-order valence-electron chi connectivity index (χ4n) is 9.24. The first-order valence-corrected chi connectivity index (χ1v) is 24.2. The number of rotatable bonds is 3. The van der Waals surface area contributed by atoms with Gasteiger partial charge in [0.1, 0.15) is 35.4 Å². The van der Waals surface area contributed by atoms with Gasteiger partial charge in [-0.25, -0.2) is 0 Å². The second kappa shape index (κ2) is 17.8. The Hall–Kier alpha value is -5.68. The third-order valence-corrected chi connectivity index (χ3v) is 13.8. The molecule has 4 N–H and O–H groups in total. The van der Waals surface area contributed by atoms with Crippen LogP contribution in [0.25, 0.3) is 0 Å². The van der Waals surface area contributed by atoms with Gasteiger partial charge in [-0.2, -0.15) is 0 Å². The topological polar surface area (TPSA) is 90.2 Å². The van der Waals surface area contributed by atoms with E-state index in [1.165, 1.54) is 0 Å². The maximum Gasteiger partial charge on any atom is 0.126 e. The molecule has 0 atom stereocenters. The van der Waals surface area contributed by atoms with Gasteiger partial charge in [-0.05, 0) is 116 Å². The average Bonchev–Trinajstić information content (AvgIpc) is 3.21. The number of fused-ring (bicyclic) bond motifs is 10. The quantitative estimate of drug-likeness (QED) is 0.142. The van der Waals surface area contributed by atoms with E-state index in [1.807, 2.05) is 18.2 Å². The zero-order valence-corrected chi connectivity index (χ0v) is 43.1. The van der Waals surface area contributed by atoms with E-state index in [-0.39, 0.29) is 50.1 Å². The number of aromatic hydroxyl groups is 4. The van der Waals surface area contributed by atoms with E-state index in [1.54, 1.807) is 0 Å². The lowest BCUT2D eigenvalue weighted by molar-refractivity contribution is 0.300. The summed E-state index contributed by atoms with van der Waals surface area (Å²) in [5.41, 5.74) is 12.9. The Balaban J connectivity index is 1.60. The van der Waals surface area contributed by atoms with Crippen LogP contribution >= 0.6 is 0 Å². The van der Waals surface area contributed by atoms with Gasteiger partial charge in [-0.1, -0.05) is 195 Å². The minimum atomic E-state index is -0.259. The summed E-state index contributed by atoms with van der Waals surface area (Å²) in [6.45, 7) is 33.2. The summed E-state index contributed by atoms with van der Waals surface area (Å²) < 4.78 is 7.00. The zero-order valence-electron chi connectivity index (χ0n) is 43.1. The van der Waals surface area contributed by atoms with Crippen molar-refractivity contribution in [2.75, 3.05) is 0 Å². The van der Waals surface area contributed by atoms with Gasteiger partial charge in [-0.15, -0.1) is 0 Å². The monoisotopic (exact) mass is 901 g/mol. The number of phenols is 4. The normalized spacial score (nSPS) is 13.9. The first-order valence-electron chi connectivity index (χ1n) is 24.2. The van der Waals surface area contributed by atoms with E-state index in [2.05, 4.69) is 177 Å². The predicted octanol–water partition coefficient (Wildman–Crippen LogP) is 14.8. The van der Waals surface area contributed by atoms with Crippen molar-refractivity contribution in [3.05, 3.63) is 180 Å². The predicted molar refractivity (Wildman–Crippen MR) is 277 cm³/mol. The molecule has 0 saturated carbocycles. The van der Waals surface area contributed by atoms with E-state index in [0.29, 0.717) is 49.8 Å². The van der Waals surface area contributed by atoms with Crippen LogP contribution in [0.1, 0.15) is 193 Å². The lowest BCUT2D eigenvalue weighted by Crippen LogP contribution is -2.16. The van der Waals surface area contributed by atoms with Crippen molar-refractivity contribution in [3.8, 4) is 28.7 Å². The molecule has 1 aliphatic carbocycles. The molecule has 1 aliphatic rings. The van der Waals surface area contributed by atoms with Crippen molar-refractivity contribution in [2.45, 2.75) is 170 Å². The van der Waals surface area contributed by atoms with E-state index >= 15 is 0 Å². The summed E-state index contributed by atoms with van der Waals surface area (Å²) in [7, 11) is 0. The Bertz CT molecular complexity index is 2650. The van der Waals surface area contributed by atoms with Crippen LogP contribution in [-0.4, -0.2) is 20.4 Å².